The summed E-state index contributed by atoms with van der Waals surface area (Å²) >= 11 is 0. The fourth-order valence-electron chi connectivity index (χ4n) is 1.23. The second-order valence-corrected chi connectivity index (χ2v) is 3.71. The molecule has 16 heavy (non-hydrogen) atoms. The molecule has 0 aliphatic carbocycles. The molecule has 0 amide bonds. The van der Waals surface area contributed by atoms with Crippen LogP contribution in [0.5, 0.6) is 0 Å². The molecule has 5 nitrogen and oxygen atoms in total. The first-order chi connectivity index (χ1) is 7.77. The second kappa shape index (κ2) is 7.38. The molecular weight excluding hydrogens is 206 g/mol. The van der Waals surface area contributed by atoms with Gasteiger partial charge in [-0.05, 0) is 19.4 Å². The van der Waals surface area contributed by atoms with Crippen molar-refractivity contribution >= 4 is 0 Å². The Kier molecular flexibility index (Phi) is 6.07. The highest BCUT2D eigenvalue weighted by Gasteiger charge is 2.03. The fourth-order valence-corrected chi connectivity index (χ4v) is 1.23. The standard InChI is InChI=1S/C11H21N3O2/c1-4-10(2)14-6-5-11(13-14)9-12-16-8-7-15-3/h5-6,10,12H,4,7-9H2,1-3H3. The largest absolute Gasteiger partial charge is 0.382 e. The molecule has 0 radical (unpaired) electrons. The molecule has 1 N–H and O–H groups in total. The quantitative estimate of drug-likeness (QED) is 0.540. The maximum atomic E-state index is 5.15. The van der Waals surface area contributed by atoms with Gasteiger partial charge in [0.05, 0.1) is 25.5 Å². The molecule has 1 unspecified atom stereocenters. The van der Waals surface area contributed by atoms with Crippen molar-refractivity contribution in [3.8, 4) is 0 Å². The molecule has 1 heterocycles. The summed E-state index contributed by atoms with van der Waals surface area (Å²) < 4.78 is 6.84. The lowest BCUT2D eigenvalue weighted by molar-refractivity contribution is 0.00290. The smallest absolute Gasteiger partial charge is 0.0916 e. The number of nitrogens with zero attached hydrogens (tertiary/aromatic N) is 2. The summed E-state index contributed by atoms with van der Waals surface area (Å²) in [7, 11) is 1.65. The van der Waals surface area contributed by atoms with Gasteiger partial charge in [-0.2, -0.15) is 10.6 Å². The molecule has 0 saturated heterocycles. The molecule has 1 atom stereocenters. The zero-order valence-corrected chi connectivity index (χ0v) is 10.3. The van der Waals surface area contributed by atoms with E-state index in [1.807, 2.05) is 16.9 Å². The first kappa shape index (κ1) is 13.2. The monoisotopic (exact) mass is 227 g/mol. The van der Waals surface area contributed by atoms with E-state index < -0.39 is 0 Å². The van der Waals surface area contributed by atoms with Crippen molar-refractivity contribution in [2.75, 3.05) is 20.3 Å². The fraction of sp³-hybridized carbons (Fsp3) is 0.727. The van der Waals surface area contributed by atoms with Crippen LogP contribution in [-0.4, -0.2) is 30.1 Å². The average molecular weight is 227 g/mol. The van der Waals surface area contributed by atoms with Gasteiger partial charge in [0.15, 0.2) is 0 Å². The molecule has 0 spiro atoms. The summed E-state index contributed by atoms with van der Waals surface area (Å²) in [4.78, 5) is 5.15. The number of methoxy groups -OCH3 is 1. The van der Waals surface area contributed by atoms with Crippen LogP contribution in [-0.2, 0) is 16.1 Å². The number of nitrogens with one attached hydrogen (secondary N) is 1. The highest BCUT2D eigenvalue weighted by molar-refractivity contribution is 4.98. The summed E-state index contributed by atoms with van der Waals surface area (Å²) in [6, 6.07) is 2.45. The van der Waals surface area contributed by atoms with E-state index in [-0.39, 0.29) is 0 Å². The van der Waals surface area contributed by atoms with Gasteiger partial charge >= 0.3 is 0 Å². The van der Waals surface area contributed by atoms with Gasteiger partial charge in [0.25, 0.3) is 0 Å². The van der Waals surface area contributed by atoms with Gasteiger partial charge in [-0.25, -0.2) is 0 Å². The molecule has 1 rings (SSSR count). The topological polar surface area (TPSA) is 48.3 Å². The van der Waals surface area contributed by atoms with Crippen molar-refractivity contribution in [3.05, 3.63) is 18.0 Å². The van der Waals surface area contributed by atoms with Crippen molar-refractivity contribution in [2.45, 2.75) is 32.9 Å². The third-order valence-corrected chi connectivity index (χ3v) is 2.45. The van der Waals surface area contributed by atoms with E-state index in [2.05, 4.69) is 24.4 Å². The summed E-state index contributed by atoms with van der Waals surface area (Å²) in [5, 5.41) is 4.44. The first-order valence-electron chi connectivity index (χ1n) is 5.65. The van der Waals surface area contributed by atoms with Crippen molar-refractivity contribution in [1.29, 1.82) is 0 Å². The number of hydrogen-bond acceptors (Lipinski definition) is 4. The van der Waals surface area contributed by atoms with E-state index in [1.54, 1.807) is 7.11 Å². The van der Waals surface area contributed by atoms with E-state index in [9.17, 15) is 0 Å². The number of ether oxygens (including phenoxy) is 1. The van der Waals surface area contributed by atoms with Gasteiger partial charge in [0.2, 0.25) is 0 Å². The zero-order chi connectivity index (χ0) is 11.8. The van der Waals surface area contributed by atoms with E-state index in [0.717, 1.165) is 12.1 Å². The first-order valence-corrected chi connectivity index (χ1v) is 5.65. The summed E-state index contributed by atoms with van der Waals surface area (Å²) in [6.45, 7) is 6.06. The average Bonchev–Trinajstić information content (AvgIpc) is 2.76. The molecule has 5 heteroatoms. The van der Waals surface area contributed by atoms with Gasteiger partial charge in [-0.15, -0.1) is 0 Å². The molecule has 92 valence electrons. The number of hydrogen-bond donors (Lipinski definition) is 1. The minimum Gasteiger partial charge on any atom is -0.382 e. The summed E-state index contributed by atoms with van der Waals surface area (Å²) in [5.41, 5.74) is 3.83. The van der Waals surface area contributed by atoms with E-state index in [0.29, 0.717) is 25.8 Å². The van der Waals surface area contributed by atoms with Crippen molar-refractivity contribution in [2.24, 2.45) is 0 Å². The van der Waals surface area contributed by atoms with Gasteiger partial charge in [-0.1, -0.05) is 6.92 Å². The third kappa shape index (κ3) is 4.30. The van der Waals surface area contributed by atoms with Gasteiger partial charge in [0, 0.05) is 19.3 Å². The Morgan fingerprint density at radius 2 is 2.31 bits per heavy atom. The highest BCUT2D eigenvalue weighted by Crippen LogP contribution is 2.08. The van der Waals surface area contributed by atoms with Crippen LogP contribution in [0.2, 0.25) is 0 Å². The van der Waals surface area contributed by atoms with Crippen LogP contribution in [0.25, 0.3) is 0 Å². The maximum absolute atomic E-state index is 5.15. The minimum absolute atomic E-state index is 0.447. The molecule has 0 aliphatic rings. The predicted molar refractivity (Wildman–Crippen MR) is 61.9 cm³/mol. The Morgan fingerprint density at radius 3 is 3.00 bits per heavy atom. The van der Waals surface area contributed by atoms with E-state index in [1.165, 1.54) is 0 Å². The van der Waals surface area contributed by atoms with Crippen LogP contribution in [0.4, 0.5) is 0 Å². The van der Waals surface area contributed by atoms with Crippen LogP contribution in [0, 0.1) is 0 Å². The second-order valence-electron chi connectivity index (χ2n) is 3.71. The molecule has 0 fully saturated rings. The molecule has 0 aliphatic heterocycles. The SMILES string of the molecule is CCC(C)n1ccc(CNOCCOC)n1. The number of hydroxylamine groups is 1. The van der Waals surface area contributed by atoms with Gasteiger partial charge < -0.3 is 4.74 Å². The number of rotatable bonds is 8. The van der Waals surface area contributed by atoms with Crippen molar-refractivity contribution < 1.29 is 9.57 Å². The molecule has 0 saturated carbocycles. The lowest BCUT2D eigenvalue weighted by atomic mass is 10.3. The number of aromatic nitrogens is 2. The van der Waals surface area contributed by atoms with Crippen LogP contribution >= 0.6 is 0 Å². The van der Waals surface area contributed by atoms with E-state index in [4.69, 9.17) is 9.57 Å². The van der Waals surface area contributed by atoms with Crippen LogP contribution in [0.15, 0.2) is 12.3 Å². The predicted octanol–water partition coefficient (Wildman–Crippen LogP) is 1.52. The van der Waals surface area contributed by atoms with Crippen LogP contribution in [0.1, 0.15) is 32.0 Å². The Hall–Kier alpha value is -0.910. The van der Waals surface area contributed by atoms with E-state index >= 15 is 0 Å². The Balaban J connectivity index is 2.24. The zero-order valence-electron chi connectivity index (χ0n) is 10.3. The van der Waals surface area contributed by atoms with Crippen molar-refractivity contribution in [1.82, 2.24) is 15.3 Å². The minimum atomic E-state index is 0.447. The van der Waals surface area contributed by atoms with Gasteiger partial charge in [0.1, 0.15) is 0 Å². The molecule has 0 bridgehead atoms. The highest BCUT2D eigenvalue weighted by atomic mass is 16.7. The molecular formula is C11H21N3O2. The maximum Gasteiger partial charge on any atom is 0.0916 e. The molecule has 1 aromatic rings. The summed E-state index contributed by atoms with van der Waals surface area (Å²) in [6.07, 6.45) is 3.08. The Labute approximate surface area is 96.7 Å². The van der Waals surface area contributed by atoms with Crippen molar-refractivity contribution in [3.63, 3.8) is 0 Å². The van der Waals surface area contributed by atoms with Gasteiger partial charge in [-0.3, -0.25) is 9.52 Å². The third-order valence-electron chi connectivity index (χ3n) is 2.45. The Morgan fingerprint density at radius 1 is 1.50 bits per heavy atom. The lowest BCUT2D eigenvalue weighted by Crippen LogP contribution is -2.17. The van der Waals surface area contributed by atoms with Crippen LogP contribution < -0.4 is 5.48 Å². The molecule has 1 aromatic heterocycles. The Bertz CT molecular complexity index is 289. The van der Waals surface area contributed by atoms with Crippen LogP contribution in [0.3, 0.4) is 0 Å². The summed E-state index contributed by atoms with van der Waals surface area (Å²) in [5.74, 6) is 0. The molecule has 0 aromatic carbocycles. The normalized spacial score (nSPS) is 12.9. The lowest BCUT2D eigenvalue weighted by Gasteiger charge is -2.08.